The number of furan rings is 1. The van der Waals surface area contributed by atoms with Crippen molar-refractivity contribution in [3.8, 4) is 28.5 Å². The third-order valence-corrected chi connectivity index (χ3v) is 6.89. The molecule has 9 heteroatoms. The summed E-state index contributed by atoms with van der Waals surface area (Å²) in [4.78, 5) is 17.0. The quantitative estimate of drug-likeness (QED) is 0.108. The number of carbonyl (C=O) groups is 1. The second kappa shape index (κ2) is 11.4. The van der Waals surface area contributed by atoms with Gasteiger partial charge in [0, 0.05) is 22.3 Å². The molecule has 5 rings (SSSR count). The summed E-state index contributed by atoms with van der Waals surface area (Å²) in [7, 11) is 0. The molecule has 0 saturated heterocycles. The number of phenolic OH excluding ortho intramolecular Hbond substituents is 1. The summed E-state index contributed by atoms with van der Waals surface area (Å²) < 4.78 is 11.7. The zero-order valence-corrected chi connectivity index (χ0v) is 23.6. The maximum atomic E-state index is 12.4. The number of nitrogens with one attached hydrogen (secondary N) is 2. The van der Waals surface area contributed by atoms with Crippen LogP contribution >= 0.6 is 23.8 Å². The third kappa shape index (κ3) is 6.09. The number of nitrogens with zero attached hydrogens (tertiary/aromatic N) is 1. The predicted octanol–water partition coefficient (Wildman–Crippen LogP) is 8.07. The molecule has 7 nitrogen and oxygen atoms in total. The second-order valence-electron chi connectivity index (χ2n) is 9.58. The molecule has 2 aromatic heterocycles. The van der Waals surface area contributed by atoms with Gasteiger partial charge in [-0.25, -0.2) is 4.98 Å². The van der Waals surface area contributed by atoms with Gasteiger partial charge in [-0.05, 0) is 90.8 Å². The van der Waals surface area contributed by atoms with Gasteiger partial charge in [0.25, 0.3) is 0 Å². The van der Waals surface area contributed by atoms with Crippen molar-refractivity contribution in [2.45, 2.75) is 26.7 Å². The van der Waals surface area contributed by atoms with E-state index in [-0.39, 0.29) is 16.8 Å². The lowest BCUT2D eigenvalue weighted by molar-refractivity contribution is -0.115. The highest BCUT2D eigenvalue weighted by Crippen LogP contribution is 2.34. The van der Waals surface area contributed by atoms with E-state index in [1.807, 2.05) is 49.4 Å². The highest BCUT2D eigenvalue weighted by molar-refractivity contribution is 7.80. The molecular formula is C31H26ClN3O4S. The first kappa shape index (κ1) is 27.2. The van der Waals surface area contributed by atoms with Crippen molar-refractivity contribution in [2.75, 3.05) is 5.32 Å². The van der Waals surface area contributed by atoms with Crippen LogP contribution in [0.25, 0.3) is 40.0 Å². The van der Waals surface area contributed by atoms with Gasteiger partial charge in [-0.3, -0.25) is 10.1 Å². The largest absolute Gasteiger partial charge is 0.507 e. The number of hydrogen-bond donors (Lipinski definition) is 3. The average molecular weight is 572 g/mol. The first-order chi connectivity index (χ1) is 19.2. The zero-order valence-electron chi connectivity index (χ0n) is 22.0. The monoisotopic (exact) mass is 571 g/mol. The minimum atomic E-state index is -0.437. The van der Waals surface area contributed by atoms with Crippen LogP contribution in [-0.4, -0.2) is 21.1 Å². The maximum absolute atomic E-state index is 12.4. The van der Waals surface area contributed by atoms with Crippen LogP contribution in [0.1, 0.15) is 36.7 Å². The molecule has 40 heavy (non-hydrogen) atoms. The first-order valence-corrected chi connectivity index (χ1v) is 13.3. The fourth-order valence-corrected chi connectivity index (χ4v) is 4.42. The summed E-state index contributed by atoms with van der Waals surface area (Å²) in [6, 6.07) is 19.9. The smallest absolute Gasteiger partial charge is 0.250 e. The standard InChI is InChI=1S/C31H26ClN3O4S/c1-17(2)19-6-11-28-25(15-19)34-30(39-28)23-16-21(7-10-26(23)36)33-31(40)35-29(37)13-9-22-8-12-27(38-22)20-5-4-18(3)24(32)14-20/h4-17,36H,1-3H3,(H2,33,35,37,40)/b13-9+. The summed E-state index contributed by atoms with van der Waals surface area (Å²) in [6.45, 7) is 6.15. The molecule has 0 unspecified atom stereocenters. The highest BCUT2D eigenvalue weighted by atomic mass is 35.5. The van der Waals surface area contributed by atoms with Crippen molar-refractivity contribution in [1.82, 2.24) is 10.3 Å². The van der Waals surface area contributed by atoms with Crippen LogP contribution in [0.3, 0.4) is 0 Å². The van der Waals surface area contributed by atoms with E-state index in [9.17, 15) is 9.90 Å². The number of rotatable bonds is 6. The molecule has 0 aliphatic carbocycles. The molecule has 0 saturated carbocycles. The van der Waals surface area contributed by atoms with Crippen molar-refractivity contribution in [2.24, 2.45) is 0 Å². The Hall–Kier alpha value is -4.40. The van der Waals surface area contributed by atoms with Gasteiger partial charge in [0.15, 0.2) is 10.7 Å². The number of aromatic hydroxyl groups is 1. The molecule has 3 aromatic carbocycles. The van der Waals surface area contributed by atoms with E-state index in [2.05, 4.69) is 29.5 Å². The number of aryl methyl sites for hydroxylation is 1. The molecule has 0 atom stereocenters. The Morgan fingerprint density at radius 2 is 1.88 bits per heavy atom. The number of anilines is 1. The molecule has 0 fully saturated rings. The van der Waals surface area contributed by atoms with E-state index in [1.54, 1.807) is 24.3 Å². The zero-order chi connectivity index (χ0) is 28.4. The molecule has 1 amide bonds. The lowest BCUT2D eigenvalue weighted by atomic mass is 10.0. The van der Waals surface area contributed by atoms with Gasteiger partial charge >= 0.3 is 0 Å². The Morgan fingerprint density at radius 3 is 2.65 bits per heavy atom. The van der Waals surface area contributed by atoms with Gasteiger partial charge in [-0.1, -0.05) is 43.6 Å². The van der Waals surface area contributed by atoms with E-state index in [0.29, 0.717) is 44.8 Å². The van der Waals surface area contributed by atoms with Gasteiger partial charge in [0.05, 0.1) is 5.56 Å². The Balaban J connectivity index is 1.23. The molecule has 2 heterocycles. The van der Waals surface area contributed by atoms with E-state index in [4.69, 9.17) is 32.7 Å². The summed E-state index contributed by atoms with van der Waals surface area (Å²) in [5.41, 5.74) is 5.23. The fourth-order valence-electron chi connectivity index (χ4n) is 4.02. The number of oxazole rings is 1. The van der Waals surface area contributed by atoms with Crippen molar-refractivity contribution in [3.63, 3.8) is 0 Å². The van der Waals surface area contributed by atoms with Gasteiger partial charge in [-0.15, -0.1) is 0 Å². The fraction of sp³-hybridized carbons (Fsp3) is 0.129. The van der Waals surface area contributed by atoms with Gasteiger partial charge in [-0.2, -0.15) is 0 Å². The van der Waals surface area contributed by atoms with Crippen LogP contribution < -0.4 is 10.6 Å². The van der Waals surface area contributed by atoms with Crippen LogP contribution in [-0.2, 0) is 4.79 Å². The molecule has 202 valence electrons. The van der Waals surface area contributed by atoms with E-state index in [1.165, 1.54) is 12.1 Å². The van der Waals surface area contributed by atoms with Crippen LogP contribution in [0.2, 0.25) is 5.02 Å². The number of hydrogen-bond acceptors (Lipinski definition) is 6. The average Bonchev–Trinajstić information content (AvgIpc) is 3.57. The Kier molecular flexibility index (Phi) is 7.73. The Labute approximate surface area is 241 Å². The third-order valence-electron chi connectivity index (χ3n) is 6.28. The molecule has 3 N–H and O–H groups in total. The van der Waals surface area contributed by atoms with Crippen LogP contribution in [0.5, 0.6) is 5.75 Å². The number of halogens is 1. The summed E-state index contributed by atoms with van der Waals surface area (Å²) in [6.07, 6.45) is 2.87. The maximum Gasteiger partial charge on any atom is 0.250 e. The summed E-state index contributed by atoms with van der Waals surface area (Å²) >= 11 is 11.5. The van der Waals surface area contributed by atoms with Gasteiger partial charge in [0.2, 0.25) is 11.8 Å². The number of thiocarbonyl (C=S) groups is 1. The van der Waals surface area contributed by atoms with Crippen LogP contribution in [0.15, 0.2) is 81.6 Å². The molecule has 0 bridgehead atoms. The van der Waals surface area contributed by atoms with Crippen molar-refractivity contribution < 1.29 is 18.7 Å². The normalized spacial score (nSPS) is 11.4. The van der Waals surface area contributed by atoms with Crippen LogP contribution in [0.4, 0.5) is 5.69 Å². The minimum absolute atomic E-state index is 0.00445. The first-order valence-electron chi connectivity index (χ1n) is 12.6. The van der Waals surface area contributed by atoms with Crippen LogP contribution in [0, 0.1) is 6.92 Å². The molecule has 5 aromatic rings. The minimum Gasteiger partial charge on any atom is -0.507 e. The lowest BCUT2D eigenvalue weighted by Crippen LogP contribution is -2.32. The second-order valence-corrected chi connectivity index (χ2v) is 10.4. The number of phenols is 1. The van der Waals surface area contributed by atoms with Crippen molar-refractivity contribution in [1.29, 1.82) is 0 Å². The van der Waals surface area contributed by atoms with Crippen molar-refractivity contribution in [3.05, 3.63) is 94.7 Å². The molecule has 0 spiro atoms. The van der Waals surface area contributed by atoms with E-state index < -0.39 is 5.91 Å². The molecule has 0 aliphatic heterocycles. The van der Waals surface area contributed by atoms with Gasteiger partial charge in [0.1, 0.15) is 22.8 Å². The van der Waals surface area contributed by atoms with Gasteiger partial charge < -0.3 is 19.3 Å². The summed E-state index contributed by atoms with van der Waals surface area (Å²) in [5, 5.41) is 16.7. The Bertz CT molecular complexity index is 1770. The predicted molar refractivity (Wildman–Crippen MR) is 162 cm³/mol. The summed E-state index contributed by atoms with van der Waals surface area (Å²) in [5.74, 6) is 1.34. The molecular weight excluding hydrogens is 546 g/mol. The van der Waals surface area contributed by atoms with E-state index in [0.717, 1.165) is 16.7 Å². The topological polar surface area (TPSA) is 101 Å². The molecule has 0 radical (unpaired) electrons. The number of carbonyl (C=O) groups excluding carboxylic acids is 1. The molecule has 0 aliphatic rings. The lowest BCUT2D eigenvalue weighted by Gasteiger charge is -2.09. The highest BCUT2D eigenvalue weighted by Gasteiger charge is 2.15. The number of amides is 1. The Morgan fingerprint density at radius 1 is 1.05 bits per heavy atom. The number of aromatic nitrogens is 1. The number of fused-ring (bicyclic) bond motifs is 1. The number of benzene rings is 3. The SMILES string of the molecule is Cc1ccc(-c2ccc(/C=C/C(=O)NC(=S)Nc3ccc(O)c(-c4nc5cc(C(C)C)ccc5o4)c3)o2)cc1Cl. The van der Waals surface area contributed by atoms with E-state index >= 15 is 0 Å². The van der Waals surface area contributed by atoms with Crippen molar-refractivity contribution >= 4 is 57.7 Å².